The molecule has 2 aliphatic carbocycles. The molecule has 2 aliphatic rings. The van der Waals surface area contributed by atoms with Gasteiger partial charge >= 0.3 is 0 Å². The van der Waals surface area contributed by atoms with Crippen LogP contribution in [0.4, 0.5) is 8.78 Å². The molecule has 0 bridgehead atoms. The highest BCUT2D eigenvalue weighted by Gasteiger charge is 2.21. The minimum absolute atomic E-state index is 0.0358. The Bertz CT molecular complexity index is 2500. The average molecular weight is 1010 g/mol. The molecule has 4 aromatic rings. The molecule has 0 heterocycles. The zero-order chi connectivity index (χ0) is 52.6. The van der Waals surface area contributed by atoms with Crippen molar-refractivity contribution in [3.8, 4) is 47.4 Å². The Morgan fingerprint density at radius 2 is 0.784 bits per heavy atom. The third-order valence-corrected chi connectivity index (χ3v) is 12.6. The third-order valence-electron chi connectivity index (χ3n) is 12.6. The maximum absolute atomic E-state index is 14.4. The number of rotatable bonds is 22. The largest absolute Gasteiger partial charge is 0.476 e. The number of hydrogen-bond donors (Lipinski definition) is 0. The highest BCUT2D eigenvalue weighted by molar-refractivity contribution is 5.52. The van der Waals surface area contributed by atoms with E-state index in [4.69, 9.17) is 37.9 Å². The number of aryl methyl sites for hydroxylation is 2. The van der Waals surface area contributed by atoms with Gasteiger partial charge in [0, 0.05) is 56.3 Å². The molecular weight excluding hydrogens is 935 g/mol. The summed E-state index contributed by atoms with van der Waals surface area (Å²) < 4.78 is 70.1. The fourth-order valence-corrected chi connectivity index (χ4v) is 8.37. The van der Waals surface area contributed by atoms with Crippen molar-refractivity contribution in [2.24, 2.45) is 23.7 Å². The maximum atomic E-state index is 14.4. The highest BCUT2D eigenvalue weighted by atomic mass is 19.1. The van der Waals surface area contributed by atoms with Crippen molar-refractivity contribution >= 4 is 0 Å². The molecule has 0 amide bonds. The van der Waals surface area contributed by atoms with Crippen LogP contribution in [-0.4, -0.2) is 40.4 Å². The van der Waals surface area contributed by atoms with E-state index in [2.05, 4.69) is 99.7 Å². The summed E-state index contributed by atoms with van der Waals surface area (Å²) in [6, 6.07) is 22.1. The van der Waals surface area contributed by atoms with Crippen LogP contribution in [0.15, 0.2) is 124 Å². The van der Waals surface area contributed by atoms with E-state index >= 15 is 0 Å². The smallest absolute Gasteiger partial charge is 0.188 e. The van der Waals surface area contributed by atoms with Gasteiger partial charge in [-0.1, -0.05) is 99.7 Å². The van der Waals surface area contributed by atoms with Crippen molar-refractivity contribution in [1.29, 1.82) is 0 Å². The quantitative estimate of drug-likeness (QED) is 0.0334. The van der Waals surface area contributed by atoms with Crippen molar-refractivity contribution in [3.63, 3.8) is 0 Å². The van der Waals surface area contributed by atoms with Crippen molar-refractivity contribution in [2.45, 2.75) is 91.3 Å². The lowest BCUT2D eigenvalue weighted by molar-refractivity contribution is -0.0313. The standard InChI is InChI=1S/2C32H35FO4/c2*1-4-29-19-26(10-7-25-8-11-28(12-9-25)21-36-23-34-5-2)13-16-30(29)17-14-27-15-18-31(32(33)20-27)22-37-24-35-6-3/h2*5-6,13,15-16,18-20,25,28H,2-4,8-9,11-12,21-24H2,1H3. The number of halogens is 2. The molecule has 6 rings (SSSR count). The topological polar surface area (TPSA) is 73.8 Å². The third kappa shape index (κ3) is 20.8. The molecule has 10 heteroatoms. The van der Waals surface area contributed by atoms with Crippen LogP contribution in [-0.2, 0) is 64.0 Å². The molecule has 2 fully saturated rings. The molecule has 0 unspecified atom stereocenters. The molecule has 0 spiro atoms. The molecule has 0 atom stereocenters. The van der Waals surface area contributed by atoms with E-state index in [1.807, 2.05) is 24.3 Å². The van der Waals surface area contributed by atoms with E-state index in [-0.39, 0.29) is 52.0 Å². The van der Waals surface area contributed by atoms with E-state index in [0.717, 1.165) is 111 Å². The fourth-order valence-electron chi connectivity index (χ4n) is 8.37. The summed E-state index contributed by atoms with van der Waals surface area (Å²) >= 11 is 0. The summed E-state index contributed by atoms with van der Waals surface area (Å²) in [7, 11) is 0. The molecule has 74 heavy (non-hydrogen) atoms. The average Bonchev–Trinajstić information content (AvgIpc) is 3.43. The monoisotopic (exact) mass is 1000 g/mol. The van der Waals surface area contributed by atoms with Crippen LogP contribution in [0.1, 0.15) is 121 Å². The first-order valence-electron chi connectivity index (χ1n) is 25.4. The van der Waals surface area contributed by atoms with Crippen molar-refractivity contribution < 1.29 is 46.7 Å². The lowest BCUT2D eigenvalue weighted by Gasteiger charge is -2.25. The summed E-state index contributed by atoms with van der Waals surface area (Å²) in [5, 5.41) is 0. The van der Waals surface area contributed by atoms with Gasteiger partial charge < -0.3 is 37.9 Å². The van der Waals surface area contributed by atoms with Crippen molar-refractivity contribution in [2.75, 3.05) is 40.4 Å². The molecule has 2 saturated carbocycles. The Morgan fingerprint density at radius 3 is 1.14 bits per heavy atom. The lowest BCUT2D eigenvalue weighted by Crippen LogP contribution is -2.18. The predicted octanol–water partition coefficient (Wildman–Crippen LogP) is 13.4. The van der Waals surface area contributed by atoms with E-state index in [1.165, 1.54) is 37.2 Å². The molecular formula is C64H70F2O8. The van der Waals surface area contributed by atoms with Crippen LogP contribution >= 0.6 is 0 Å². The Labute approximate surface area is 439 Å². The summed E-state index contributed by atoms with van der Waals surface area (Å²) in [6.45, 7) is 20.4. The fraction of sp³-hybridized carbons (Fsp3) is 0.375. The Balaban J connectivity index is 0.000000274. The van der Waals surface area contributed by atoms with Gasteiger partial charge in [-0.3, -0.25) is 0 Å². The zero-order valence-electron chi connectivity index (χ0n) is 43.1. The predicted molar refractivity (Wildman–Crippen MR) is 287 cm³/mol. The molecule has 8 nitrogen and oxygen atoms in total. The molecule has 0 radical (unpaired) electrons. The minimum atomic E-state index is -0.352. The Morgan fingerprint density at radius 1 is 0.432 bits per heavy atom. The normalized spacial score (nSPS) is 16.5. The van der Waals surface area contributed by atoms with Gasteiger partial charge in [0.05, 0.1) is 51.5 Å². The van der Waals surface area contributed by atoms with E-state index in [1.54, 1.807) is 24.3 Å². The highest BCUT2D eigenvalue weighted by Crippen LogP contribution is 2.30. The second kappa shape index (κ2) is 33.7. The van der Waals surface area contributed by atoms with Gasteiger partial charge in [-0.15, -0.1) is 0 Å². The van der Waals surface area contributed by atoms with Crippen LogP contribution in [0.3, 0.4) is 0 Å². The van der Waals surface area contributed by atoms with E-state index in [0.29, 0.717) is 45.9 Å². The lowest BCUT2D eigenvalue weighted by atomic mass is 9.82. The van der Waals surface area contributed by atoms with E-state index < -0.39 is 0 Å². The first-order valence-corrected chi connectivity index (χ1v) is 25.4. The number of hydrogen-bond acceptors (Lipinski definition) is 8. The summed E-state index contributed by atoms with van der Waals surface area (Å²) in [6.07, 6.45) is 15.9. The second-order valence-corrected chi connectivity index (χ2v) is 17.8. The SMILES string of the molecule is C=COCOCc1ccc(C#Cc2ccc(C#CC3CCC(COCOC=C)CC3)cc2CC)cc1F.C=COCOCc1ccc(C#Cc2ccc(C#CC3CCC(COCOC=C)CC3)cc2CC)cc1F. The molecule has 388 valence electrons. The first-order chi connectivity index (χ1) is 36.2. The Kier molecular flexibility index (Phi) is 26.3. The van der Waals surface area contributed by atoms with Gasteiger partial charge in [0.15, 0.2) is 27.2 Å². The molecule has 0 aromatic heterocycles. The van der Waals surface area contributed by atoms with Crippen LogP contribution in [0.5, 0.6) is 0 Å². The van der Waals surface area contributed by atoms with E-state index in [9.17, 15) is 8.78 Å². The summed E-state index contributed by atoms with van der Waals surface area (Å²) in [5.74, 6) is 27.5. The van der Waals surface area contributed by atoms with Crippen molar-refractivity contribution in [1.82, 2.24) is 0 Å². The molecule has 0 aliphatic heterocycles. The van der Waals surface area contributed by atoms with Gasteiger partial charge in [0.1, 0.15) is 11.6 Å². The van der Waals surface area contributed by atoms with Crippen LogP contribution in [0, 0.1) is 82.7 Å². The Hall–Kier alpha value is -7.02. The van der Waals surface area contributed by atoms with Gasteiger partial charge in [-0.25, -0.2) is 8.78 Å². The van der Waals surface area contributed by atoms with Gasteiger partial charge in [-0.2, -0.15) is 0 Å². The molecule has 0 saturated heterocycles. The van der Waals surface area contributed by atoms with Crippen LogP contribution in [0.2, 0.25) is 0 Å². The van der Waals surface area contributed by atoms with Crippen LogP contribution < -0.4 is 0 Å². The summed E-state index contributed by atoms with van der Waals surface area (Å²) in [4.78, 5) is 0. The van der Waals surface area contributed by atoms with Gasteiger partial charge in [-0.05, 0) is 148 Å². The summed E-state index contributed by atoms with van der Waals surface area (Å²) in [5.41, 5.74) is 8.28. The first kappa shape index (κ1) is 57.9. The second-order valence-electron chi connectivity index (χ2n) is 17.8. The van der Waals surface area contributed by atoms with Crippen molar-refractivity contribution in [3.05, 3.63) is 191 Å². The van der Waals surface area contributed by atoms with Gasteiger partial charge in [0.2, 0.25) is 0 Å². The van der Waals surface area contributed by atoms with Gasteiger partial charge in [0.25, 0.3) is 0 Å². The maximum Gasteiger partial charge on any atom is 0.188 e. The molecule has 4 aromatic carbocycles. The van der Waals surface area contributed by atoms with Crippen LogP contribution in [0.25, 0.3) is 0 Å². The number of ether oxygens (including phenoxy) is 8. The zero-order valence-corrected chi connectivity index (χ0v) is 43.1. The minimum Gasteiger partial charge on any atom is -0.476 e. The number of benzene rings is 4. The molecule has 0 N–H and O–H groups in total.